The van der Waals surface area contributed by atoms with Gasteiger partial charge in [-0.3, -0.25) is 9.80 Å². The second-order valence-corrected chi connectivity index (χ2v) is 15.0. The number of carbonyl (C=O) groups excluding carboxylic acids is 2. The fraction of sp³-hybridized carbons (Fsp3) is 0.459. The first-order valence-electron chi connectivity index (χ1n) is 16.8. The molecule has 1 saturated carbocycles. The van der Waals surface area contributed by atoms with Gasteiger partial charge in [0.2, 0.25) is 11.9 Å². The van der Waals surface area contributed by atoms with Crippen LogP contribution < -0.4 is 0 Å². The van der Waals surface area contributed by atoms with Crippen LogP contribution in [0.5, 0.6) is 0 Å². The molecule has 6 rings (SSSR count). The van der Waals surface area contributed by atoms with E-state index in [2.05, 4.69) is 26.9 Å². The fourth-order valence-corrected chi connectivity index (χ4v) is 6.15. The van der Waals surface area contributed by atoms with Crippen LogP contribution in [0.3, 0.4) is 0 Å². The van der Waals surface area contributed by atoms with Crippen molar-refractivity contribution in [1.82, 2.24) is 29.7 Å². The predicted octanol–water partition coefficient (Wildman–Crippen LogP) is 8.63. The summed E-state index contributed by atoms with van der Waals surface area (Å²) in [7, 11) is 0. The molecule has 10 nitrogen and oxygen atoms in total. The Balaban J connectivity index is 1.14. The van der Waals surface area contributed by atoms with E-state index in [1.807, 2.05) is 65.8 Å². The molecule has 3 heterocycles. The second-order valence-electron chi connectivity index (χ2n) is 15.0. The summed E-state index contributed by atoms with van der Waals surface area (Å²) in [5.41, 5.74) is 2.01. The first kappa shape index (κ1) is 34.1. The van der Waals surface area contributed by atoms with Gasteiger partial charge in [-0.1, -0.05) is 55.5 Å². The third-order valence-electron chi connectivity index (χ3n) is 8.65. The standard InChI is InChI=1S/C37H44F2N6O4/c1-21-19-27(21)45(35(47)49-37(5,6)7)20-28-40-29(31(38)41-28)24-14-10-22(11-15-24)23-12-16-25(17-13-23)30-32(39)43-33(42-30)26-9-8-18-44(26)34(46)48-36(2,3)4/h10-17,21,26-27H,8-9,18-20H2,1-7H3,(H,40,41)(H,42,43)/t21?,26?,27-/m1/s1. The highest BCUT2D eigenvalue weighted by Crippen LogP contribution is 2.37. The molecule has 2 aliphatic rings. The Morgan fingerprint density at radius 3 is 1.88 bits per heavy atom. The van der Waals surface area contributed by atoms with E-state index in [0.717, 1.165) is 24.0 Å². The number of likely N-dealkylation sites (tertiary alicyclic amines) is 1. The van der Waals surface area contributed by atoms with Crippen molar-refractivity contribution in [3.63, 3.8) is 0 Å². The number of aromatic amines is 2. The first-order chi connectivity index (χ1) is 23.1. The lowest BCUT2D eigenvalue weighted by Crippen LogP contribution is -2.38. The normalized spacial score (nSPS) is 19.2. The minimum Gasteiger partial charge on any atom is -0.444 e. The highest BCUT2D eigenvalue weighted by atomic mass is 19.1. The molecule has 2 aromatic heterocycles. The Kier molecular flexibility index (Phi) is 9.02. The van der Waals surface area contributed by atoms with Gasteiger partial charge in [-0.25, -0.2) is 19.6 Å². The van der Waals surface area contributed by atoms with E-state index >= 15 is 8.78 Å². The highest BCUT2D eigenvalue weighted by Gasteiger charge is 2.42. The zero-order valence-electron chi connectivity index (χ0n) is 29.1. The molecule has 260 valence electrons. The lowest BCUT2D eigenvalue weighted by Gasteiger charge is -2.27. The van der Waals surface area contributed by atoms with E-state index in [4.69, 9.17) is 9.47 Å². The van der Waals surface area contributed by atoms with Crippen LogP contribution in [0.15, 0.2) is 48.5 Å². The molecular formula is C37H44F2N6O4. The van der Waals surface area contributed by atoms with Crippen LogP contribution in [-0.2, 0) is 16.0 Å². The quantitative estimate of drug-likeness (QED) is 0.203. The maximum atomic E-state index is 15.1. The Labute approximate surface area is 285 Å². The molecule has 2 N–H and O–H groups in total. The van der Waals surface area contributed by atoms with E-state index in [9.17, 15) is 9.59 Å². The number of nitrogens with zero attached hydrogens (tertiary/aromatic N) is 4. The zero-order valence-corrected chi connectivity index (χ0v) is 29.1. The number of nitrogens with one attached hydrogen (secondary N) is 2. The molecule has 4 aromatic rings. The van der Waals surface area contributed by atoms with Crippen molar-refractivity contribution >= 4 is 12.2 Å². The minimum absolute atomic E-state index is 0.0329. The van der Waals surface area contributed by atoms with Gasteiger partial charge in [0.05, 0.1) is 12.6 Å². The number of hydrogen-bond acceptors (Lipinski definition) is 6. The molecule has 1 aliphatic carbocycles. The van der Waals surface area contributed by atoms with Gasteiger partial charge < -0.3 is 19.4 Å². The van der Waals surface area contributed by atoms with Crippen LogP contribution in [0, 0.1) is 17.8 Å². The van der Waals surface area contributed by atoms with Crippen LogP contribution in [0.25, 0.3) is 33.6 Å². The van der Waals surface area contributed by atoms with Gasteiger partial charge in [0.15, 0.2) is 0 Å². The summed E-state index contributed by atoms with van der Waals surface area (Å²) in [4.78, 5) is 43.4. The first-order valence-corrected chi connectivity index (χ1v) is 16.8. The smallest absolute Gasteiger partial charge is 0.410 e. The molecule has 1 aliphatic heterocycles. The van der Waals surface area contributed by atoms with Gasteiger partial charge in [0.25, 0.3) is 0 Å². The van der Waals surface area contributed by atoms with Crippen molar-refractivity contribution in [3.8, 4) is 33.6 Å². The number of benzene rings is 2. The molecular weight excluding hydrogens is 630 g/mol. The zero-order chi connectivity index (χ0) is 35.2. The summed E-state index contributed by atoms with van der Waals surface area (Å²) in [6.07, 6.45) is 1.42. The number of aromatic nitrogens is 4. The third kappa shape index (κ3) is 7.79. The average molecular weight is 675 g/mol. The SMILES string of the molecule is CC1C[C@H]1N(Cc1nc(-c2ccc(-c3ccc(-c4nc(C5CCCN5C(=O)OC(C)(C)C)[nH]c4F)cc3)cc2)c(F)[nH]1)C(=O)OC(C)(C)C. The maximum Gasteiger partial charge on any atom is 0.410 e. The van der Waals surface area contributed by atoms with Crippen molar-refractivity contribution in [3.05, 3.63) is 72.1 Å². The Morgan fingerprint density at radius 2 is 1.35 bits per heavy atom. The molecule has 3 atom stereocenters. The number of H-pyrrole nitrogens is 2. The van der Waals surface area contributed by atoms with Crippen molar-refractivity contribution in [1.29, 1.82) is 0 Å². The maximum absolute atomic E-state index is 15.1. The minimum atomic E-state index is -0.643. The molecule has 49 heavy (non-hydrogen) atoms. The van der Waals surface area contributed by atoms with E-state index < -0.39 is 41.3 Å². The van der Waals surface area contributed by atoms with Gasteiger partial charge in [-0.15, -0.1) is 0 Å². The van der Waals surface area contributed by atoms with Gasteiger partial charge in [0.1, 0.15) is 34.2 Å². The number of amides is 2. The molecule has 2 unspecified atom stereocenters. The van der Waals surface area contributed by atoms with Crippen LogP contribution in [0.4, 0.5) is 18.4 Å². The molecule has 2 fully saturated rings. The summed E-state index contributed by atoms with van der Waals surface area (Å²) in [5.74, 6) is -0.0603. The number of imidazole rings is 2. The summed E-state index contributed by atoms with van der Waals surface area (Å²) in [5, 5.41) is 0. The van der Waals surface area contributed by atoms with Gasteiger partial charge in [-0.05, 0) is 77.8 Å². The largest absolute Gasteiger partial charge is 0.444 e. The second kappa shape index (κ2) is 12.9. The average Bonchev–Trinajstić information content (AvgIpc) is 3.35. The summed E-state index contributed by atoms with van der Waals surface area (Å²) >= 11 is 0. The molecule has 2 aromatic carbocycles. The van der Waals surface area contributed by atoms with Gasteiger partial charge in [0, 0.05) is 23.7 Å². The Morgan fingerprint density at radius 1 is 0.837 bits per heavy atom. The highest BCUT2D eigenvalue weighted by molar-refractivity contribution is 5.72. The molecule has 1 saturated heterocycles. The molecule has 2 amide bonds. The van der Waals surface area contributed by atoms with Crippen molar-refractivity contribution in [2.24, 2.45) is 5.92 Å². The predicted molar refractivity (Wildman–Crippen MR) is 181 cm³/mol. The molecule has 12 heteroatoms. The number of halogens is 2. The molecule has 0 bridgehead atoms. The fourth-order valence-electron chi connectivity index (χ4n) is 6.15. The molecule has 0 radical (unpaired) electrons. The topological polar surface area (TPSA) is 116 Å². The Hall–Kier alpha value is -4.74. The Bertz CT molecular complexity index is 1820. The van der Waals surface area contributed by atoms with Crippen LogP contribution in [0.1, 0.15) is 85.4 Å². The van der Waals surface area contributed by atoms with Crippen LogP contribution in [-0.4, -0.2) is 65.7 Å². The lowest BCUT2D eigenvalue weighted by atomic mass is 10.0. The number of ether oxygens (including phenoxy) is 2. The lowest BCUT2D eigenvalue weighted by molar-refractivity contribution is 0.0198. The van der Waals surface area contributed by atoms with Crippen molar-refractivity contribution in [2.45, 2.75) is 97.6 Å². The van der Waals surface area contributed by atoms with Gasteiger partial charge in [-0.2, -0.15) is 8.78 Å². The monoisotopic (exact) mass is 674 g/mol. The summed E-state index contributed by atoms with van der Waals surface area (Å²) in [6.45, 7) is 13.6. The van der Waals surface area contributed by atoms with Crippen molar-refractivity contribution < 1.29 is 27.8 Å². The van der Waals surface area contributed by atoms with Gasteiger partial charge >= 0.3 is 12.2 Å². The number of rotatable bonds is 7. The van der Waals surface area contributed by atoms with E-state index in [0.29, 0.717) is 41.7 Å². The third-order valence-corrected chi connectivity index (χ3v) is 8.65. The van der Waals surface area contributed by atoms with Crippen molar-refractivity contribution in [2.75, 3.05) is 6.54 Å². The van der Waals surface area contributed by atoms with E-state index in [1.165, 1.54) is 0 Å². The van der Waals surface area contributed by atoms with Crippen LogP contribution >= 0.6 is 0 Å². The number of carbonyl (C=O) groups is 2. The summed E-state index contributed by atoms with van der Waals surface area (Å²) in [6, 6.07) is 14.3. The van der Waals surface area contributed by atoms with E-state index in [1.54, 1.807) is 34.1 Å². The van der Waals surface area contributed by atoms with E-state index in [-0.39, 0.29) is 24.0 Å². The molecule has 0 spiro atoms. The summed E-state index contributed by atoms with van der Waals surface area (Å²) < 4.78 is 41.4. The number of hydrogen-bond donors (Lipinski definition) is 2. The van der Waals surface area contributed by atoms with Crippen LogP contribution in [0.2, 0.25) is 0 Å².